The third-order valence-corrected chi connectivity index (χ3v) is 5.62. The number of hydrogen-bond donors (Lipinski definition) is 1. The zero-order valence-electron chi connectivity index (χ0n) is 12.2. The van der Waals surface area contributed by atoms with Gasteiger partial charge in [-0.2, -0.15) is 0 Å². The molecule has 2 atom stereocenters. The van der Waals surface area contributed by atoms with Crippen molar-refractivity contribution < 1.29 is 13.2 Å². The molecular weight excluding hydrogens is 276 g/mol. The first-order valence-electron chi connectivity index (χ1n) is 6.57. The van der Waals surface area contributed by atoms with Crippen LogP contribution in [0.25, 0.3) is 0 Å². The van der Waals surface area contributed by atoms with Crippen LogP contribution in [0.2, 0.25) is 0 Å². The van der Waals surface area contributed by atoms with Gasteiger partial charge >= 0.3 is 0 Å². The molecule has 1 saturated carbocycles. The maximum atomic E-state index is 12.2. The fraction of sp³-hybridized carbons (Fsp3) is 0.500. The van der Waals surface area contributed by atoms with Crippen LogP contribution in [-0.4, -0.2) is 32.7 Å². The molecule has 0 spiro atoms. The van der Waals surface area contributed by atoms with E-state index in [9.17, 15) is 13.2 Å². The number of amides is 1. The first kappa shape index (κ1) is 15.0. The number of anilines is 1. The number of carbonyl (C=O) groups excluding carboxylic acids is 1. The van der Waals surface area contributed by atoms with Gasteiger partial charge in [0.2, 0.25) is 15.9 Å². The molecule has 0 heterocycles. The molecule has 1 N–H and O–H groups in total. The Kier molecular flexibility index (Phi) is 3.88. The van der Waals surface area contributed by atoms with Crippen molar-refractivity contribution in [2.45, 2.75) is 25.2 Å². The highest BCUT2D eigenvalue weighted by Crippen LogP contribution is 2.38. The van der Waals surface area contributed by atoms with E-state index >= 15 is 0 Å². The van der Waals surface area contributed by atoms with E-state index in [1.807, 2.05) is 6.92 Å². The van der Waals surface area contributed by atoms with Gasteiger partial charge in [-0.25, -0.2) is 12.7 Å². The summed E-state index contributed by atoms with van der Waals surface area (Å²) in [5, 5.41) is 2.79. The molecule has 2 rings (SSSR count). The van der Waals surface area contributed by atoms with Gasteiger partial charge in [-0.1, -0.05) is 13.0 Å². The van der Waals surface area contributed by atoms with Crippen LogP contribution in [0.5, 0.6) is 0 Å². The first-order valence-corrected chi connectivity index (χ1v) is 8.01. The second-order valence-corrected chi connectivity index (χ2v) is 7.70. The van der Waals surface area contributed by atoms with Gasteiger partial charge in [0.25, 0.3) is 0 Å². The van der Waals surface area contributed by atoms with Crippen LogP contribution in [0.15, 0.2) is 23.1 Å². The summed E-state index contributed by atoms with van der Waals surface area (Å²) in [5.41, 5.74) is 1.19. The first-order chi connectivity index (χ1) is 9.23. The quantitative estimate of drug-likeness (QED) is 0.922. The summed E-state index contributed by atoms with van der Waals surface area (Å²) in [6, 6.07) is 4.97. The molecule has 0 radical (unpaired) electrons. The number of sulfonamides is 1. The van der Waals surface area contributed by atoms with E-state index in [4.69, 9.17) is 0 Å². The molecule has 0 unspecified atom stereocenters. The van der Waals surface area contributed by atoms with Gasteiger partial charge in [0.15, 0.2) is 0 Å². The molecule has 20 heavy (non-hydrogen) atoms. The van der Waals surface area contributed by atoms with Crippen molar-refractivity contribution in [1.29, 1.82) is 0 Å². The lowest BCUT2D eigenvalue weighted by Gasteiger charge is -2.15. The maximum absolute atomic E-state index is 12.2. The highest BCUT2D eigenvalue weighted by molar-refractivity contribution is 7.89. The van der Waals surface area contributed by atoms with Gasteiger partial charge in [0.1, 0.15) is 0 Å². The predicted octanol–water partition coefficient (Wildman–Crippen LogP) is 1.84. The summed E-state index contributed by atoms with van der Waals surface area (Å²) in [7, 11) is -0.515. The molecule has 0 aliphatic heterocycles. The Labute approximate surface area is 120 Å². The molecule has 1 aliphatic carbocycles. The lowest BCUT2D eigenvalue weighted by Crippen LogP contribution is -2.23. The van der Waals surface area contributed by atoms with E-state index in [1.165, 1.54) is 24.5 Å². The summed E-state index contributed by atoms with van der Waals surface area (Å²) in [4.78, 5) is 12.1. The molecule has 0 aromatic heterocycles. The molecule has 1 aromatic rings. The Morgan fingerprint density at radius 3 is 2.45 bits per heavy atom. The van der Waals surface area contributed by atoms with Crippen molar-refractivity contribution >= 4 is 21.6 Å². The molecule has 1 fully saturated rings. The molecular formula is C14H20N2O3S. The minimum absolute atomic E-state index is 0.0328. The van der Waals surface area contributed by atoms with Crippen LogP contribution in [0.3, 0.4) is 0 Å². The van der Waals surface area contributed by atoms with E-state index < -0.39 is 10.0 Å². The Morgan fingerprint density at radius 2 is 1.95 bits per heavy atom. The van der Waals surface area contributed by atoms with Gasteiger partial charge in [0.05, 0.1) is 4.90 Å². The van der Waals surface area contributed by atoms with Gasteiger partial charge in [-0.15, -0.1) is 0 Å². The van der Waals surface area contributed by atoms with Crippen molar-refractivity contribution in [2.75, 3.05) is 19.4 Å². The van der Waals surface area contributed by atoms with Crippen molar-refractivity contribution in [3.63, 3.8) is 0 Å². The van der Waals surface area contributed by atoms with Gasteiger partial charge in [-0.3, -0.25) is 4.79 Å². The van der Waals surface area contributed by atoms with Gasteiger partial charge in [-0.05, 0) is 37.0 Å². The molecule has 0 bridgehead atoms. The smallest absolute Gasteiger partial charge is 0.242 e. The Balaban J connectivity index is 2.27. The lowest BCUT2D eigenvalue weighted by molar-refractivity contribution is -0.117. The van der Waals surface area contributed by atoms with E-state index in [0.717, 1.165) is 6.42 Å². The Bertz CT molecular complexity index is 638. The number of benzene rings is 1. The average molecular weight is 296 g/mol. The topological polar surface area (TPSA) is 66.5 Å². The summed E-state index contributed by atoms with van der Waals surface area (Å²) >= 11 is 0. The molecule has 110 valence electrons. The number of rotatable bonds is 4. The van der Waals surface area contributed by atoms with Crippen LogP contribution < -0.4 is 5.32 Å². The standard InChI is InChI=1S/C14H20N2O3S/c1-9-5-6-11(15-14(17)12-7-10(12)2)8-13(9)20(18,19)16(3)4/h5-6,8,10,12H,7H2,1-4H3,(H,15,17)/t10-,12+/m0/s1. The largest absolute Gasteiger partial charge is 0.326 e. The normalized spacial score (nSPS) is 21.9. The predicted molar refractivity (Wildman–Crippen MR) is 78.0 cm³/mol. The van der Waals surface area contributed by atoms with Crippen LogP contribution in [-0.2, 0) is 14.8 Å². The summed E-state index contributed by atoms with van der Waals surface area (Å²) < 4.78 is 25.6. The molecule has 5 nitrogen and oxygen atoms in total. The van der Waals surface area contributed by atoms with Crippen molar-refractivity contribution in [1.82, 2.24) is 4.31 Å². The van der Waals surface area contributed by atoms with Gasteiger partial charge in [0, 0.05) is 25.7 Å². The van der Waals surface area contributed by atoms with E-state index in [-0.39, 0.29) is 16.7 Å². The Hall–Kier alpha value is -1.40. The molecule has 1 aliphatic rings. The van der Waals surface area contributed by atoms with Crippen LogP contribution in [0.1, 0.15) is 18.9 Å². The fourth-order valence-corrected chi connectivity index (χ4v) is 3.22. The number of hydrogen-bond acceptors (Lipinski definition) is 3. The minimum atomic E-state index is -3.50. The monoisotopic (exact) mass is 296 g/mol. The fourth-order valence-electron chi connectivity index (χ4n) is 2.07. The molecule has 0 saturated heterocycles. The number of nitrogens with one attached hydrogen (secondary N) is 1. The van der Waals surface area contributed by atoms with Crippen molar-refractivity contribution in [3.8, 4) is 0 Å². The van der Waals surface area contributed by atoms with Gasteiger partial charge < -0.3 is 5.32 Å². The van der Waals surface area contributed by atoms with Crippen LogP contribution in [0.4, 0.5) is 5.69 Å². The SMILES string of the molecule is Cc1ccc(NC(=O)[C@@H]2C[C@@H]2C)cc1S(=O)(=O)N(C)C. The van der Waals surface area contributed by atoms with E-state index in [1.54, 1.807) is 19.1 Å². The average Bonchev–Trinajstić information content (AvgIpc) is 3.08. The maximum Gasteiger partial charge on any atom is 0.242 e. The van der Waals surface area contributed by atoms with Crippen molar-refractivity contribution in [3.05, 3.63) is 23.8 Å². The third kappa shape index (κ3) is 2.86. The van der Waals surface area contributed by atoms with Crippen molar-refractivity contribution in [2.24, 2.45) is 11.8 Å². The molecule has 1 amide bonds. The summed E-state index contributed by atoms with van der Waals surface area (Å²) in [6.07, 6.45) is 0.903. The minimum Gasteiger partial charge on any atom is -0.326 e. The highest BCUT2D eigenvalue weighted by atomic mass is 32.2. The molecule has 6 heteroatoms. The highest BCUT2D eigenvalue weighted by Gasteiger charge is 2.39. The van der Waals surface area contributed by atoms with E-state index in [0.29, 0.717) is 17.2 Å². The number of carbonyl (C=O) groups is 1. The second kappa shape index (κ2) is 5.18. The van der Waals surface area contributed by atoms with E-state index in [2.05, 4.69) is 5.32 Å². The zero-order chi connectivity index (χ0) is 15.1. The summed E-state index contributed by atoms with van der Waals surface area (Å²) in [5.74, 6) is 0.449. The van der Waals surface area contributed by atoms with Crippen LogP contribution >= 0.6 is 0 Å². The van der Waals surface area contributed by atoms with Crippen LogP contribution in [0, 0.1) is 18.8 Å². The molecule has 1 aromatic carbocycles. The number of nitrogens with zero attached hydrogens (tertiary/aromatic N) is 1. The number of aryl methyl sites for hydroxylation is 1. The third-order valence-electron chi connectivity index (χ3n) is 3.66. The summed E-state index contributed by atoms with van der Waals surface area (Å²) in [6.45, 7) is 3.77. The Morgan fingerprint density at radius 1 is 1.35 bits per heavy atom. The second-order valence-electron chi connectivity index (χ2n) is 5.58. The lowest BCUT2D eigenvalue weighted by atomic mass is 10.2. The zero-order valence-corrected chi connectivity index (χ0v) is 13.0.